The highest BCUT2D eigenvalue weighted by Crippen LogP contribution is 2.28. The van der Waals surface area contributed by atoms with Crippen molar-refractivity contribution in [2.75, 3.05) is 17.1 Å². The summed E-state index contributed by atoms with van der Waals surface area (Å²) in [5.74, 6) is -0.533. The van der Waals surface area contributed by atoms with Crippen molar-refractivity contribution in [3.8, 4) is 0 Å². The molecule has 7 nitrogen and oxygen atoms in total. The molecule has 1 aliphatic rings. The lowest BCUT2D eigenvalue weighted by Crippen LogP contribution is -2.52. The highest BCUT2D eigenvalue weighted by Gasteiger charge is 2.33. The van der Waals surface area contributed by atoms with E-state index in [0.29, 0.717) is 32.7 Å². The monoisotopic (exact) mass is 663 g/mol. The number of hydrogen-bond acceptors (Lipinski definition) is 4. The minimum absolute atomic E-state index is 0.00365. The molecule has 1 atom stereocenters. The summed E-state index contributed by atoms with van der Waals surface area (Å²) in [4.78, 5) is 29.4. The van der Waals surface area contributed by atoms with Crippen LogP contribution >= 0.6 is 34.8 Å². The normalized spacial score (nSPS) is 14.3. The van der Waals surface area contributed by atoms with E-state index in [4.69, 9.17) is 34.8 Å². The molecule has 0 aromatic heterocycles. The molecule has 0 saturated heterocycles. The standard InChI is InChI=1S/C32H36Cl3N3O4S/c1-43(41,42)38(26-18-16-24(33)17-19-26)20-8-15-31(39)37(22-27-28(34)13-7-14-29(27)35)30(21-23-9-3-2-4-10-23)32(40)36-25-11-5-6-12-25/h2-4,7,9-10,13-14,16-19,25,30H,5-6,8,11-12,15,20-22H2,1H3,(H,36,40). The molecule has 43 heavy (non-hydrogen) atoms. The lowest BCUT2D eigenvalue weighted by atomic mass is 10.0. The molecule has 1 N–H and O–H groups in total. The summed E-state index contributed by atoms with van der Waals surface area (Å²) in [5.41, 5.74) is 1.91. The Labute approximate surface area is 269 Å². The molecule has 11 heteroatoms. The second-order valence-corrected chi connectivity index (χ2v) is 14.0. The third kappa shape index (κ3) is 9.35. The maximum Gasteiger partial charge on any atom is 0.243 e. The van der Waals surface area contributed by atoms with E-state index in [1.807, 2.05) is 30.3 Å². The van der Waals surface area contributed by atoms with E-state index in [1.54, 1.807) is 42.5 Å². The molecule has 1 saturated carbocycles. The van der Waals surface area contributed by atoms with Gasteiger partial charge in [-0.15, -0.1) is 0 Å². The molecule has 4 rings (SSSR count). The summed E-state index contributed by atoms with van der Waals surface area (Å²) >= 11 is 19.1. The Kier molecular flexibility index (Phi) is 11.8. The van der Waals surface area contributed by atoms with Crippen molar-refractivity contribution in [2.45, 2.75) is 63.6 Å². The lowest BCUT2D eigenvalue weighted by Gasteiger charge is -2.33. The van der Waals surface area contributed by atoms with Gasteiger partial charge in [-0.05, 0) is 61.2 Å². The van der Waals surface area contributed by atoms with Crippen molar-refractivity contribution in [1.82, 2.24) is 10.2 Å². The summed E-state index contributed by atoms with van der Waals surface area (Å²) in [6.07, 6.45) is 5.56. The maximum atomic E-state index is 14.0. The van der Waals surface area contributed by atoms with Gasteiger partial charge < -0.3 is 10.2 Å². The number of nitrogens with one attached hydrogen (secondary N) is 1. The smallest absolute Gasteiger partial charge is 0.243 e. The summed E-state index contributed by atoms with van der Waals surface area (Å²) in [5, 5.41) is 4.45. The fraction of sp³-hybridized carbons (Fsp3) is 0.375. The minimum atomic E-state index is -3.63. The number of amides is 2. The van der Waals surface area contributed by atoms with Gasteiger partial charge in [0.05, 0.1) is 11.9 Å². The van der Waals surface area contributed by atoms with Crippen molar-refractivity contribution in [1.29, 1.82) is 0 Å². The number of sulfonamides is 1. The first kappa shape index (κ1) is 33.1. The Morgan fingerprint density at radius 3 is 2.14 bits per heavy atom. The molecule has 0 aliphatic heterocycles. The Balaban J connectivity index is 1.62. The number of anilines is 1. The van der Waals surface area contributed by atoms with E-state index in [1.165, 1.54) is 9.21 Å². The van der Waals surface area contributed by atoms with Crippen LogP contribution in [0.2, 0.25) is 15.1 Å². The van der Waals surface area contributed by atoms with Gasteiger partial charge in [0.2, 0.25) is 21.8 Å². The molecule has 0 radical (unpaired) electrons. The topological polar surface area (TPSA) is 86.8 Å². The first-order valence-electron chi connectivity index (χ1n) is 14.3. The van der Waals surface area contributed by atoms with Crippen LogP contribution < -0.4 is 9.62 Å². The third-order valence-electron chi connectivity index (χ3n) is 7.63. The second kappa shape index (κ2) is 15.3. The second-order valence-electron chi connectivity index (χ2n) is 10.8. The van der Waals surface area contributed by atoms with Gasteiger partial charge in [0.25, 0.3) is 0 Å². The number of hydrogen-bond donors (Lipinski definition) is 1. The van der Waals surface area contributed by atoms with Crippen molar-refractivity contribution in [2.24, 2.45) is 0 Å². The molecular formula is C32H36Cl3N3O4S. The van der Waals surface area contributed by atoms with Crippen LogP contribution in [0, 0.1) is 0 Å². The lowest BCUT2D eigenvalue weighted by molar-refractivity contribution is -0.141. The van der Waals surface area contributed by atoms with Gasteiger partial charge in [-0.3, -0.25) is 13.9 Å². The first-order valence-corrected chi connectivity index (χ1v) is 17.3. The predicted octanol–water partition coefficient (Wildman–Crippen LogP) is 6.89. The number of halogens is 3. The van der Waals surface area contributed by atoms with Crippen LogP contribution in [0.3, 0.4) is 0 Å². The van der Waals surface area contributed by atoms with Crippen LogP contribution in [0.25, 0.3) is 0 Å². The van der Waals surface area contributed by atoms with Gasteiger partial charge in [-0.2, -0.15) is 0 Å². The van der Waals surface area contributed by atoms with Gasteiger partial charge in [0.15, 0.2) is 0 Å². The van der Waals surface area contributed by atoms with Crippen LogP contribution in [0.15, 0.2) is 72.8 Å². The van der Waals surface area contributed by atoms with Crippen molar-refractivity contribution in [3.63, 3.8) is 0 Å². The average molecular weight is 665 g/mol. The highest BCUT2D eigenvalue weighted by molar-refractivity contribution is 7.92. The minimum Gasteiger partial charge on any atom is -0.352 e. The van der Waals surface area contributed by atoms with Gasteiger partial charge in [-0.1, -0.05) is 84.0 Å². The zero-order valence-electron chi connectivity index (χ0n) is 24.0. The summed E-state index contributed by atoms with van der Waals surface area (Å²) in [7, 11) is -3.63. The zero-order valence-corrected chi connectivity index (χ0v) is 27.1. The molecule has 0 heterocycles. The van der Waals surface area contributed by atoms with E-state index in [2.05, 4.69) is 5.32 Å². The molecule has 1 aliphatic carbocycles. The van der Waals surface area contributed by atoms with Gasteiger partial charge in [-0.25, -0.2) is 8.42 Å². The largest absolute Gasteiger partial charge is 0.352 e. The first-order chi connectivity index (χ1) is 20.5. The maximum absolute atomic E-state index is 14.0. The Hall–Kier alpha value is -2.78. The van der Waals surface area contributed by atoms with Gasteiger partial charge >= 0.3 is 0 Å². The molecular weight excluding hydrogens is 629 g/mol. The fourth-order valence-corrected chi connectivity index (χ4v) is 6.99. The van der Waals surface area contributed by atoms with Crippen molar-refractivity contribution >= 4 is 62.3 Å². The van der Waals surface area contributed by atoms with Crippen LogP contribution in [0.5, 0.6) is 0 Å². The van der Waals surface area contributed by atoms with Crippen molar-refractivity contribution in [3.05, 3.63) is 99.0 Å². The summed E-state index contributed by atoms with van der Waals surface area (Å²) < 4.78 is 26.5. The molecule has 0 spiro atoms. The molecule has 1 fully saturated rings. The van der Waals surface area contributed by atoms with E-state index < -0.39 is 16.1 Å². The van der Waals surface area contributed by atoms with Gasteiger partial charge in [0, 0.05) is 52.6 Å². The average Bonchev–Trinajstić information content (AvgIpc) is 3.48. The van der Waals surface area contributed by atoms with E-state index in [9.17, 15) is 18.0 Å². The zero-order chi connectivity index (χ0) is 31.0. The Bertz CT molecular complexity index is 1480. The molecule has 3 aromatic rings. The van der Waals surface area contributed by atoms with Crippen LogP contribution in [0.4, 0.5) is 5.69 Å². The number of carbonyl (C=O) groups is 2. The highest BCUT2D eigenvalue weighted by atomic mass is 35.5. The SMILES string of the molecule is CS(=O)(=O)N(CCCC(=O)N(Cc1c(Cl)cccc1Cl)C(Cc1ccccc1)C(=O)NC1CCCC1)c1ccc(Cl)cc1. The third-order valence-corrected chi connectivity index (χ3v) is 9.78. The molecule has 3 aromatic carbocycles. The number of nitrogens with zero attached hydrogens (tertiary/aromatic N) is 2. The summed E-state index contributed by atoms with van der Waals surface area (Å²) in [6.45, 7) is 0.102. The van der Waals surface area contributed by atoms with Crippen LogP contribution in [0.1, 0.15) is 49.7 Å². The predicted molar refractivity (Wildman–Crippen MR) is 174 cm³/mol. The fourth-order valence-electron chi connectivity index (χ4n) is 5.39. The quantitative estimate of drug-likeness (QED) is 0.216. The molecule has 1 unspecified atom stereocenters. The number of benzene rings is 3. The van der Waals surface area contributed by atoms with Crippen LogP contribution in [-0.4, -0.2) is 50.0 Å². The van der Waals surface area contributed by atoms with Crippen LogP contribution in [-0.2, 0) is 32.6 Å². The van der Waals surface area contributed by atoms with Crippen molar-refractivity contribution < 1.29 is 18.0 Å². The molecule has 230 valence electrons. The molecule has 0 bridgehead atoms. The van der Waals surface area contributed by atoms with E-state index in [0.717, 1.165) is 37.5 Å². The Morgan fingerprint density at radius 2 is 1.53 bits per heavy atom. The number of rotatable bonds is 13. The van der Waals surface area contributed by atoms with E-state index in [-0.39, 0.29) is 43.8 Å². The Morgan fingerprint density at radius 1 is 0.907 bits per heavy atom. The van der Waals surface area contributed by atoms with Gasteiger partial charge in [0.1, 0.15) is 6.04 Å². The molecule has 2 amide bonds. The van der Waals surface area contributed by atoms with E-state index >= 15 is 0 Å². The summed E-state index contributed by atoms with van der Waals surface area (Å²) in [6, 6.07) is 20.4. The number of carbonyl (C=O) groups excluding carboxylic acids is 2.